The third-order valence-corrected chi connectivity index (χ3v) is 4.81. The van der Waals surface area contributed by atoms with Gasteiger partial charge in [-0.25, -0.2) is 4.98 Å². The van der Waals surface area contributed by atoms with Crippen molar-refractivity contribution >= 4 is 45.9 Å². The molecule has 0 fully saturated rings. The SMILES string of the molecule is Cc1cnc(CNC(C)c2cc(Cl)sc2Cl)s1. The second kappa shape index (κ2) is 5.67. The van der Waals surface area contributed by atoms with Gasteiger partial charge in [-0.15, -0.1) is 22.7 Å². The van der Waals surface area contributed by atoms with Crippen molar-refractivity contribution in [2.45, 2.75) is 26.4 Å². The lowest BCUT2D eigenvalue weighted by atomic mass is 10.2. The van der Waals surface area contributed by atoms with Crippen molar-refractivity contribution in [3.8, 4) is 0 Å². The summed E-state index contributed by atoms with van der Waals surface area (Å²) in [5, 5.41) is 4.48. The van der Waals surface area contributed by atoms with Gasteiger partial charge < -0.3 is 5.32 Å². The van der Waals surface area contributed by atoms with Gasteiger partial charge in [-0.05, 0) is 25.5 Å². The average molecular weight is 307 g/mol. The molecular formula is C11H12Cl2N2S2. The smallest absolute Gasteiger partial charge is 0.107 e. The minimum absolute atomic E-state index is 0.176. The lowest BCUT2D eigenvalue weighted by Gasteiger charge is -2.11. The summed E-state index contributed by atoms with van der Waals surface area (Å²) in [6, 6.07) is 2.09. The summed E-state index contributed by atoms with van der Waals surface area (Å²) in [5.41, 5.74) is 1.05. The number of halogens is 2. The number of nitrogens with one attached hydrogen (secondary N) is 1. The van der Waals surface area contributed by atoms with E-state index in [0.717, 1.165) is 25.8 Å². The van der Waals surface area contributed by atoms with Gasteiger partial charge in [-0.3, -0.25) is 0 Å². The number of aromatic nitrogens is 1. The molecule has 0 amide bonds. The van der Waals surface area contributed by atoms with Crippen molar-refractivity contribution in [3.05, 3.63) is 36.4 Å². The molecule has 1 atom stereocenters. The zero-order valence-corrected chi connectivity index (χ0v) is 12.6. The third-order valence-electron chi connectivity index (χ3n) is 2.38. The van der Waals surface area contributed by atoms with Gasteiger partial charge in [0.2, 0.25) is 0 Å². The highest BCUT2D eigenvalue weighted by molar-refractivity contribution is 7.20. The van der Waals surface area contributed by atoms with Crippen LogP contribution in [0.4, 0.5) is 0 Å². The van der Waals surface area contributed by atoms with Crippen LogP contribution in [-0.2, 0) is 6.54 Å². The zero-order valence-electron chi connectivity index (χ0n) is 9.46. The molecule has 2 heterocycles. The van der Waals surface area contributed by atoms with Crippen LogP contribution in [0.5, 0.6) is 0 Å². The molecular weight excluding hydrogens is 295 g/mol. The molecule has 2 rings (SSSR count). The molecule has 0 spiro atoms. The topological polar surface area (TPSA) is 24.9 Å². The van der Waals surface area contributed by atoms with Crippen LogP contribution in [0.3, 0.4) is 0 Å². The first kappa shape index (κ1) is 13.3. The predicted octanol–water partition coefficient (Wildman–Crippen LogP) is 4.67. The van der Waals surface area contributed by atoms with Crippen LogP contribution in [0.2, 0.25) is 8.67 Å². The zero-order chi connectivity index (χ0) is 12.4. The van der Waals surface area contributed by atoms with E-state index in [4.69, 9.17) is 23.2 Å². The molecule has 0 aliphatic rings. The summed E-state index contributed by atoms with van der Waals surface area (Å²) in [5.74, 6) is 0. The number of thiazole rings is 1. The Balaban J connectivity index is 1.97. The van der Waals surface area contributed by atoms with Crippen LogP contribution in [0.1, 0.15) is 28.4 Å². The Labute approximate surface area is 119 Å². The number of rotatable bonds is 4. The van der Waals surface area contributed by atoms with Crippen LogP contribution in [0, 0.1) is 6.92 Å². The highest BCUT2D eigenvalue weighted by Crippen LogP contribution is 2.34. The summed E-state index contributed by atoms with van der Waals surface area (Å²) in [7, 11) is 0. The van der Waals surface area contributed by atoms with Crippen molar-refractivity contribution < 1.29 is 0 Å². The standard InChI is InChI=1S/C11H12Cl2N2S2/c1-6-4-15-10(16-6)5-14-7(2)8-3-9(12)17-11(8)13/h3-4,7,14H,5H2,1-2H3. The fourth-order valence-electron chi connectivity index (χ4n) is 1.48. The minimum atomic E-state index is 0.176. The van der Waals surface area contributed by atoms with Crippen LogP contribution in [0.15, 0.2) is 12.3 Å². The Morgan fingerprint density at radius 2 is 2.18 bits per heavy atom. The number of hydrogen-bond acceptors (Lipinski definition) is 4. The molecule has 0 saturated carbocycles. The highest BCUT2D eigenvalue weighted by Gasteiger charge is 2.13. The summed E-state index contributed by atoms with van der Waals surface area (Å²) in [4.78, 5) is 5.54. The molecule has 0 radical (unpaired) electrons. The lowest BCUT2D eigenvalue weighted by Crippen LogP contribution is -2.17. The van der Waals surface area contributed by atoms with Gasteiger partial charge in [0.05, 0.1) is 8.67 Å². The van der Waals surface area contributed by atoms with E-state index in [1.165, 1.54) is 16.2 Å². The summed E-state index contributed by atoms with van der Waals surface area (Å²) >= 11 is 15.1. The molecule has 1 unspecified atom stereocenters. The van der Waals surface area contributed by atoms with Crippen LogP contribution < -0.4 is 5.32 Å². The highest BCUT2D eigenvalue weighted by atomic mass is 35.5. The van der Waals surface area contributed by atoms with E-state index >= 15 is 0 Å². The van der Waals surface area contributed by atoms with Crippen LogP contribution in [0.25, 0.3) is 0 Å². The van der Waals surface area contributed by atoms with E-state index in [2.05, 4.69) is 24.1 Å². The maximum Gasteiger partial charge on any atom is 0.107 e. The summed E-state index contributed by atoms with van der Waals surface area (Å²) in [6.07, 6.45) is 1.89. The molecule has 1 N–H and O–H groups in total. The first-order valence-electron chi connectivity index (χ1n) is 5.15. The third kappa shape index (κ3) is 3.42. The van der Waals surface area contributed by atoms with E-state index < -0.39 is 0 Å². The molecule has 0 saturated heterocycles. The van der Waals surface area contributed by atoms with E-state index in [-0.39, 0.29) is 6.04 Å². The Morgan fingerprint density at radius 1 is 1.41 bits per heavy atom. The molecule has 2 aromatic rings. The van der Waals surface area contributed by atoms with Gasteiger partial charge in [0.15, 0.2) is 0 Å². The normalized spacial score (nSPS) is 12.9. The molecule has 0 aromatic carbocycles. The van der Waals surface area contributed by atoms with Gasteiger partial charge in [0.25, 0.3) is 0 Å². The largest absolute Gasteiger partial charge is 0.304 e. The minimum Gasteiger partial charge on any atom is -0.304 e. The summed E-state index contributed by atoms with van der Waals surface area (Å²) in [6.45, 7) is 4.88. The predicted molar refractivity (Wildman–Crippen MR) is 76.4 cm³/mol. The second-order valence-electron chi connectivity index (χ2n) is 3.75. The van der Waals surface area contributed by atoms with E-state index in [0.29, 0.717) is 0 Å². The van der Waals surface area contributed by atoms with Crippen molar-refractivity contribution in [1.29, 1.82) is 0 Å². The Hall–Kier alpha value is -0.130. The Morgan fingerprint density at radius 3 is 2.71 bits per heavy atom. The lowest BCUT2D eigenvalue weighted by molar-refractivity contribution is 0.575. The number of aryl methyl sites for hydroxylation is 1. The molecule has 0 aliphatic carbocycles. The van der Waals surface area contributed by atoms with E-state index in [9.17, 15) is 0 Å². The van der Waals surface area contributed by atoms with Crippen LogP contribution >= 0.6 is 45.9 Å². The quantitative estimate of drug-likeness (QED) is 0.888. The van der Waals surface area contributed by atoms with Crippen LogP contribution in [-0.4, -0.2) is 4.98 Å². The Kier molecular flexibility index (Phi) is 4.44. The van der Waals surface area contributed by atoms with Gasteiger partial charge in [0.1, 0.15) is 5.01 Å². The van der Waals surface area contributed by atoms with E-state index in [1.807, 2.05) is 12.3 Å². The summed E-state index contributed by atoms with van der Waals surface area (Å²) < 4.78 is 1.48. The molecule has 2 aromatic heterocycles. The number of nitrogens with zero attached hydrogens (tertiary/aromatic N) is 1. The monoisotopic (exact) mass is 306 g/mol. The number of thiophene rings is 1. The van der Waals surface area contributed by atoms with Crippen molar-refractivity contribution in [1.82, 2.24) is 10.3 Å². The van der Waals surface area contributed by atoms with Gasteiger partial charge in [0, 0.05) is 23.7 Å². The fraction of sp³-hybridized carbons (Fsp3) is 0.364. The molecule has 2 nitrogen and oxygen atoms in total. The van der Waals surface area contributed by atoms with Gasteiger partial charge in [-0.2, -0.15) is 0 Å². The number of hydrogen-bond donors (Lipinski definition) is 1. The maximum atomic E-state index is 6.11. The van der Waals surface area contributed by atoms with Crippen molar-refractivity contribution in [3.63, 3.8) is 0 Å². The van der Waals surface area contributed by atoms with Gasteiger partial charge >= 0.3 is 0 Å². The first-order valence-corrected chi connectivity index (χ1v) is 7.54. The maximum absolute atomic E-state index is 6.11. The Bertz CT molecular complexity index is 507. The second-order valence-corrected chi connectivity index (χ2v) is 7.35. The molecule has 6 heteroatoms. The molecule has 0 bridgehead atoms. The van der Waals surface area contributed by atoms with Crippen molar-refractivity contribution in [2.75, 3.05) is 0 Å². The first-order chi connectivity index (χ1) is 8.06. The molecule has 92 valence electrons. The van der Waals surface area contributed by atoms with Gasteiger partial charge in [-0.1, -0.05) is 23.2 Å². The average Bonchev–Trinajstić information content (AvgIpc) is 2.81. The van der Waals surface area contributed by atoms with E-state index in [1.54, 1.807) is 11.3 Å². The molecule has 0 aliphatic heterocycles. The fourth-order valence-corrected chi connectivity index (χ4v) is 3.87. The van der Waals surface area contributed by atoms with Crippen molar-refractivity contribution in [2.24, 2.45) is 0 Å². The molecule has 17 heavy (non-hydrogen) atoms.